The van der Waals surface area contributed by atoms with Gasteiger partial charge in [0, 0.05) is 18.3 Å². The quantitative estimate of drug-likeness (QED) is 0.626. The molecule has 9 heteroatoms. The van der Waals surface area contributed by atoms with Crippen LogP contribution in [0, 0.1) is 10.1 Å². The number of nitrogens with zero attached hydrogens (tertiary/aromatic N) is 3. The van der Waals surface area contributed by atoms with Gasteiger partial charge in [0.15, 0.2) is 0 Å². The molecule has 0 spiro atoms. The Labute approximate surface area is 124 Å². The summed E-state index contributed by atoms with van der Waals surface area (Å²) >= 11 is 1.14. The van der Waals surface area contributed by atoms with Crippen LogP contribution >= 0.6 is 11.3 Å². The van der Waals surface area contributed by atoms with Crippen molar-refractivity contribution in [1.29, 1.82) is 0 Å². The zero-order chi connectivity index (χ0) is 15.2. The summed E-state index contributed by atoms with van der Waals surface area (Å²) in [7, 11) is 0. The smallest absolute Gasteiger partial charge is 0.282 e. The Morgan fingerprint density at radius 1 is 1.48 bits per heavy atom. The van der Waals surface area contributed by atoms with E-state index >= 15 is 0 Å². The van der Waals surface area contributed by atoms with Crippen LogP contribution in [-0.4, -0.2) is 27.6 Å². The van der Waals surface area contributed by atoms with Crippen LogP contribution in [0.3, 0.4) is 0 Å². The summed E-state index contributed by atoms with van der Waals surface area (Å²) in [6.07, 6.45) is 0.906. The van der Waals surface area contributed by atoms with Crippen LogP contribution < -0.4 is 10.6 Å². The predicted octanol–water partition coefficient (Wildman–Crippen LogP) is 2.52. The first kappa shape index (κ1) is 14.9. The van der Waals surface area contributed by atoms with E-state index in [1.165, 1.54) is 17.6 Å². The summed E-state index contributed by atoms with van der Waals surface area (Å²) in [6, 6.07) is 4.35. The number of hydrogen-bond acceptors (Lipinski definition) is 7. The highest BCUT2D eigenvalue weighted by Gasteiger charge is 2.21. The number of nitro benzene ring substituents is 1. The number of carbonyl (C=O) groups excluding carboxylic acids is 1. The molecule has 0 atom stereocenters. The Morgan fingerprint density at radius 3 is 2.90 bits per heavy atom. The van der Waals surface area contributed by atoms with Gasteiger partial charge < -0.3 is 5.32 Å². The van der Waals surface area contributed by atoms with Crippen LogP contribution in [0.15, 0.2) is 23.7 Å². The maximum Gasteiger partial charge on any atom is 0.282 e. The Hall–Kier alpha value is -2.55. The summed E-state index contributed by atoms with van der Waals surface area (Å²) in [5.41, 5.74) is 1.85. The van der Waals surface area contributed by atoms with Gasteiger partial charge >= 0.3 is 0 Å². The molecule has 0 bridgehead atoms. The Bertz CT molecular complexity index is 644. The number of amides is 1. The van der Waals surface area contributed by atoms with E-state index in [1.54, 1.807) is 6.07 Å². The molecule has 1 aromatic carbocycles. The Balaban J connectivity index is 2.29. The molecule has 0 unspecified atom stereocenters. The highest BCUT2D eigenvalue weighted by molar-refractivity contribution is 7.13. The minimum absolute atomic E-state index is 0.0173. The molecule has 2 N–H and O–H groups in total. The molecule has 0 radical (unpaired) electrons. The first-order valence-corrected chi connectivity index (χ1v) is 7.09. The third-order valence-corrected chi connectivity index (χ3v) is 3.20. The van der Waals surface area contributed by atoms with Crippen molar-refractivity contribution >= 4 is 33.8 Å². The van der Waals surface area contributed by atoms with Crippen molar-refractivity contribution in [2.24, 2.45) is 0 Å². The number of anilines is 2. The number of nitro groups is 1. The molecule has 1 amide bonds. The third-order valence-electron chi connectivity index (χ3n) is 2.60. The van der Waals surface area contributed by atoms with E-state index in [0.29, 0.717) is 10.8 Å². The number of hydrogen-bond donors (Lipinski definition) is 2. The molecule has 0 saturated heterocycles. The molecule has 1 aromatic heterocycles. The van der Waals surface area contributed by atoms with E-state index < -0.39 is 10.8 Å². The van der Waals surface area contributed by atoms with Gasteiger partial charge in [-0.15, -0.1) is 10.2 Å². The number of rotatable bonds is 6. The van der Waals surface area contributed by atoms with Crippen molar-refractivity contribution in [3.8, 4) is 0 Å². The number of nitrogens with one attached hydrogen (secondary N) is 2. The van der Waals surface area contributed by atoms with Crippen LogP contribution in [-0.2, 0) is 0 Å². The predicted molar refractivity (Wildman–Crippen MR) is 79.7 cm³/mol. The van der Waals surface area contributed by atoms with Gasteiger partial charge in [0.05, 0.1) is 4.92 Å². The van der Waals surface area contributed by atoms with Gasteiger partial charge in [-0.1, -0.05) is 18.3 Å². The molecule has 0 saturated carbocycles. The third kappa shape index (κ3) is 3.72. The lowest BCUT2D eigenvalue weighted by atomic mass is 10.1. The fourth-order valence-corrected chi connectivity index (χ4v) is 2.09. The molecule has 110 valence electrons. The standard InChI is InChI=1S/C12H13N5O3S/c1-2-5-13-8-3-4-10(17(19)20)9(6-8)11(18)15-12-16-14-7-21-12/h3-4,6-7,13H,2,5H2,1H3,(H,15,16,18). The molecule has 2 aromatic rings. The highest BCUT2D eigenvalue weighted by Crippen LogP contribution is 2.24. The van der Waals surface area contributed by atoms with Crippen LogP contribution in [0.5, 0.6) is 0 Å². The van der Waals surface area contributed by atoms with Crippen LogP contribution in [0.25, 0.3) is 0 Å². The van der Waals surface area contributed by atoms with Crippen molar-refractivity contribution in [3.05, 3.63) is 39.4 Å². The van der Waals surface area contributed by atoms with E-state index in [4.69, 9.17) is 0 Å². The lowest BCUT2D eigenvalue weighted by Gasteiger charge is -2.08. The van der Waals surface area contributed by atoms with Gasteiger partial charge in [0.2, 0.25) is 5.13 Å². The molecule has 0 fully saturated rings. The van der Waals surface area contributed by atoms with E-state index in [9.17, 15) is 14.9 Å². The molecule has 0 aliphatic heterocycles. The molecule has 0 aliphatic rings. The number of aromatic nitrogens is 2. The second-order valence-electron chi connectivity index (χ2n) is 4.11. The lowest BCUT2D eigenvalue weighted by Crippen LogP contribution is -2.14. The summed E-state index contributed by atoms with van der Waals surface area (Å²) < 4.78 is 0. The molecule has 1 heterocycles. The molecule has 8 nitrogen and oxygen atoms in total. The number of benzene rings is 1. The van der Waals surface area contributed by atoms with Gasteiger partial charge in [0.25, 0.3) is 11.6 Å². The minimum atomic E-state index is -0.585. The largest absolute Gasteiger partial charge is 0.385 e. The average molecular weight is 307 g/mol. The van der Waals surface area contributed by atoms with Gasteiger partial charge in [0.1, 0.15) is 11.1 Å². The first-order chi connectivity index (χ1) is 10.1. The maximum atomic E-state index is 12.2. The molecule has 21 heavy (non-hydrogen) atoms. The number of carbonyl (C=O) groups is 1. The normalized spacial score (nSPS) is 10.1. The van der Waals surface area contributed by atoms with Gasteiger partial charge in [-0.25, -0.2) is 0 Å². The van der Waals surface area contributed by atoms with Crippen molar-refractivity contribution in [2.75, 3.05) is 17.2 Å². The van der Waals surface area contributed by atoms with Gasteiger partial charge in [-0.2, -0.15) is 0 Å². The lowest BCUT2D eigenvalue weighted by molar-refractivity contribution is -0.385. The van der Waals surface area contributed by atoms with E-state index in [-0.39, 0.29) is 11.3 Å². The summed E-state index contributed by atoms with van der Waals surface area (Å²) in [6.45, 7) is 2.72. The fourth-order valence-electron chi connectivity index (χ4n) is 1.65. The van der Waals surface area contributed by atoms with Crippen molar-refractivity contribution < 1.29 is 9.72 Å². The Morgan fingerprint density at radius 2 is 2.29 bits per heavy atom. The molecule has 2 rings (SSSR count). The topological polar surface area (TPSA) is 110 Å². The van der Waals surface area contributed by atoms with Crippen molar-refractivity contribution in [2.45, 2.75) is 13.3 Å². The van der Waals surface area contributed by atoms with Gasteiger partial charge in [-0.3, -0.25) is 20.2 Å². The van der Waals surface area contributed by atoms with Crippen LogP contribution in [0.1, 0.15) is 23.7 Å². The van der Waals surface area contributed by atoms with E-state index in [2.05, 4.69) is 20.8 Å². The summed E-state index contributed by atoms with van der Waals surface area (Å²) in [5.74, 6) is -0.585. The monoisotopic (exact) mass is 307 g/mol. The zero-order valence-corrected chi connectivity index (χ0v) is 12.0. The van der Waals surface area contributed by atoms with Crippen molar-refractivity contribution in [1.82, 2.24) is 10.2 Å². The highest BCUT2D eigenvalue weighted by atomic mass is 32.1. The van der Waals surface area contributed by atoms with E-state index in [1.807, 2.05) is 6.92 Å². The van der Waals surface area contributed by atoms with Gasteiger partial charge in [-0.05, 0) is 18.6 Å². The molecular weight excluding hydrogens is 294 g/mol. The second-order valence-corrected chi connectivity index (χ2v) is 4.95. The fraction of sp³-hybridized carbons (Fsp3) is 0.250. The zero-order valence-electron chi connectivity index (χ0n) is 11.2. The van der Waals surface area contributed by atoms with Crippen LogP contribution in [0.2, 0.25) is 0 Å². The first-order valence-electron chi connectivity index (χ1n) is 6.21. The van der Waals surface area contributed by atoms with Crippen LogP contribution in [0.4, 0.5) is 16.5 Å². The minimum Gasteiger partial charge on any atom is -0.385 e. The maximum absolute atomic E-state index is 12.2. The SMILES string of the molecule is CCCNc1ccc([N+](=O)[O-])c(C(=O)Nc2nncs2)c1. The van der Waals surface area contributed by atoms with Crippen molar-refractivity contribution in [3.63, 3.8) is 0 Å². The summed E-state index contributed by atoms with van der Waals surface area (Å²) in [5, 5.41) is 24.2. The summed E-state index contributed by atoms with van der Waals surface area (Å²) in [4.78, 5) is 22.6. The average Bonchev–Trinajstić information content (AvgIpc) is 2.97. The van der Waals surface area contributed by atoms with E-state index in [0.717, 1.165) is 24.3 Å². The molecule has 0 aliphatic carbocycles. The molecular formula is C12H13N5O3S. The Kier molecular flexibility index (Phi) is 4.77. The second kappa shape index (κ2) is 6.75.